The van der Waals surface area contributed by atoms with Crippen LogP contribution in [0.4, 0.5) is 4.79 Å². The summed E-state index contributed by atoms with van der Waals surface area (Å²) < 4.78 is 16.4. The molecular weight excluding hydrogens is 282 g/mol. The van der Waals surface area contributed by atoms with E-state index in [1.807, 2.05) is 48.5 Å². The minimum Gasteiger partial charge on any atom is -0.493 e. The maximum Gasteiger partial charge on any atom is 0.407 e. The zero-order valence-electron chi connectivity index (χ0n) is 12.2. The molecule has 5 nitrogen and oxygen atoms in total. The second-order valence-electron chi connectivity index (χ2n) is 4.96. The van der Waals surface area contributed by atoms with Crippen molar-refractivity contribution < 1.29 is 19.0 Å². The quantitative estimate of drug-likeness (QED) is 0.922. The van der Waals surface area contributed by atoms with Crippen molar-refractivity contribution in [3.8, 4) is 11.5 Å². The summed E-state index contributed by atoms with van der Waals surface area (Å²) in [5, 5.41) is 2.64. The lowest BCUT2D eigenvalue weighted by Gasteiger charge is -2.14. The predicted octanol–water partition coefficient (Wildman–Crippen LogP) is 3.06. The lowest BCUT2D eigenvalue weighted by molar-refractivity contribution is 0.141. The number of hydrogen-bond donors (Lipinski definition) is 1. The van der Waals surface area contributed by atoms with Gasteiger partial charge in [-0.2, -0.15) is 0 Å². The molecule has 2 aromatic rings. The van der Waals surface area contributed by atoms with Crippen LogP contribution in [0.1, 0.15) is 17.2 Å². The Hall–Kier alpha value is -2.69. The van der Waals surface area contributed by atoms with Crippen LogP contribution >= 0.6 is 0 Å². The Morgan fingerprint density at radius 3 is 2.68 bits per heavy atom. The zero-order valence-corrected chi connectivity index (χ0v) is 12.2. The number of hydrogen-bond acceptors (Lipinski definition) is 4. The van der Waals surface area contributed by atoms with Gasteiger partial charge in [0, 0.05) is 0 Å². The molecule has 1 aliphatic heterocycles. The van der Waals surface area contributed by atoms with E-state index in [-0.39, 0.29) is 6.10 Å². The van der Waals surface area contributed by atoms with Crippen molar-refractivity contribution in [1.82, 2.24) is 5.32 Å². The van der Waals surface area contributed by atoms with E-state index < -0.39 is 6.09 Å². The summed E-state index contributed by atoms with van der Waals surface area (Å²) in [5.41, 5.74) is 1.95. The highest BCUT2D eigenvalue weighted by atomic mass is 16.6. The first-order valence-corrected chi connectivity index (χ1v) is 7.05. The number of carbonyl (C=O) groups is 1. The molecule has 1 saturated heterocycles. The minimum atomic E-state index is -0.396. The fourth-order valence-electron chi connectivity index (χ4n) is 2.32. The van der Waals surface area contributed by atoms with Gasteiger partial charge in [0.05, 0.1) is 13.7 Å². The van der Waals surface area contributed by atoms with Gasteiger partial charge in [0.25, 0.3) is 0 Å². The number of rotatable bonds is 5. The Balaban J connectivity index is 1.77. The van der Waals surface area contributed by atoms with E-state index in [1.165, 1.54) is 0 Å². The number of carbonyl (C=O) groups excluding carboxylic acids is 1. The van der Waals surface area contributed by atoms with E-state index in [4.69, 9.17) is 14.2 Å². The van der Waals surface area contributed by atoms with Gasteiger partial charge in [0.1, 0.15) is 12.7 Å². The molecular formula is C17H17NO4. The van der Waals surface area contributed by atoms with E-state index in [0.29, 0.717) is 24.7 Å². The molecule has 1 amide bonds. The average molecular weight is 299 g/mol. The Bertz CT molecular complexity index is 657. The first-order chi connectivity index (χ1) is 10.8. The van der Waals surface area contributed by atoms with Crippen molar-refractivity contribution in [3.63, 3.8) is 0 Å². The summed E-state index contributed by atoms with van der Waals surface area (Å²) in [6.45, 7) is 0.909. The van der Waals surface area contributed by atoms with Gasteiger partial charge in [-0.15, -0.1) is 0 Å². The molecule has 2 aromatic carbocycles. The van der Waals surface area contributed by atoms with Gasteiger partial charge in [-0.1, -0.05) is 36.4 Å². The Labute approximate surface area is 128 Å². The van der Waals surface area contributed by atoms with Crippen LogP contribution in [0.3, 0.4) is 0 Å². The van der Waals surface area contributed by atoms with Crippen molar-refractivity contribution in [3.05, 3.63) is 59.7 Å². The smallest absolute Gasteiger partial charge is 0.407 e. The molecule has 1 atom stereocenters. The number of nitrogens with one attached hydrogen (secondary N) is 1. The predicted molar refractivity (Wildman–Crippen MR) is 81.0 cm³/mol. The van der Waals surface area contributed by atoms with Gasteiger partial charge in [0.15, 0.2) is 11.5 Å². The van der Waals surface area contributed by atoms with Crippen LogP contribution < -0.4 is 14.8 Å². The molecule has 1 fully saturated rings. The van der Waals surface area contributed by atoms with E-state index >= 15 is 0 Å². The summed E-state index contributed by atoms with van der Waals surface area (Å²) in [7, 11) is 1.60. The van der Waals surface area contributed by atoms with Crippen LogP contribution in [0.2, 0.25) is 0 Å². The van der Waals surface area contributed by atoms with Crippen LogP contribution in [-0.4, -0.2) is 19.7 Å². The molecule has 114 valence electrons. The van der Waals surface area contributed by atoms with Crippen LogP contribution in [0, 0.1) is 0 Å². The molecule has 22 heavy (non-hydrogen) atoms. The molecule has 1 heterocycles. The molecule has 0 aromatic heterocycles. The molecule has 3 rings (SSSR count). The average Bonchev–Trinajstić information content (AvgIpc) is 3.00. The van der Waals surface area contributed by atoms with Gasteiger partial charge >= 0.3 is 6.09 Å². The molecule has 5 heteroatoms. The number of alkyl carbamates (subject to hydrolysis) is 1. The third-order valence-corrected chi connectivity index (χ3v) is 3.48. The zero-order chi connectivity index (χ0) is 15.4. The molecule has 1 aliphatic rings. The topological polar surface area (TPSA) is 56.8 Å². The minimum absolute atomic E-state index is 0.294. The van der Waals surface area contributed by atoms with Crippen LogP contribution in [0.5, 0.6) is 11.5 Å². The summed E-state index contributed by atoms with van der Waals surface area (Å²) in [4.78, 5) is 11.2. The standard InChI is InChI=1S/C17H17NO4/c1-20-14-8-7-13(16-10-18-17(19)22-16)9-15(14)21-11-12-5-3-2-4-6-12/h2-9,16H,10-11H2,1H3,(H,18,19). The van der Waals surface area contributed by atoms with Crippen molar-refractivity contribution in [1.29, 1.82) is 0 Å². The van der Waals surface area contributed by atoms with Crippen molar-refractivity contribution in [2.24, 2.45) is 0 Å². The van der Waals surface area contributed by atoms with Gasteiger partial charge in [-0.3, -0.25) is 0 Å². The lowest BCUT2D eigenvalue weighted by Crippen LogP contribution is -2.12. The van der Waals surface area contributed by atoms with Gasteiger partial charge in [0.2, 0.25) is 0 Å². The largest absolute Gasteiger partial charge is 0.493 e. The Kier molecular flexibility index (Phi) is 4.14. The summed E-state index contributed by atoms with van der Waals surface area (Å²) in [5.74, 6) is 1.28. The fourth-order valence-corrected chi connectivity index (χ4v) is 2.32. The highest BCUT2D eigenvalue weighted by Gasteiger charge is 2.25. The van der Waals surface area contributed by atoms with E-state index in [1.54, 1.807) is 7.11 Å². The van der Waals surface area contributed by atoms with Gasteiger partial charge in [-0.05, 0) is 23.3 Å². The van der Waals surface area contributed by atoms with E-state index in [9.17, 15) is 4.79 Å². The maximum absolute atomic E-state index is 11.2. The molecule has 0 aliphatic carbocycles. The first kappa shape index (κ1) is 14.3. The SMILES string of the molecule is COc1ccc(C2CNC(=O)O2)cc1OCc1ccccc1. The third kappa shape index (κ3) is 3.14. The highest BCUT2D eigenvalue weighted by molar-refractivity contribution is 5.69. The maximum atomic E-state index is 11.2. The Morgan fingerprint density at radius 1 is 1.18 bits per heavy atom. The number of amides is 1. The molecule has 0 spiro atoms. The van der Waals surface area contributed by atoms with Crippen molar-refractivity contribution >= 4 is 6.09 Å². The molecule has 0 bridgehead atoms. The van der Waals surface area contributed by atoms with Gasteiger partial charge < -0.3 is 19.5 Å². The van der Waals surface area contributed by atoms with Crippen LogP contribution in [0.15, 0.2) is 48.5 Å². The summed E-state index contributed by atoms with van der Waals surface area (Å²) in [6.07, 6.45) is -0.690. The number of cyclic esters (lactones) is 1. The summed E-state index contributed by atoms with van der Waals surface area (Å²) >= 11 is 0. The van der Waals surface area contributed by atoms with E-state index in [2.05, 4.69) is 5.32 Å². The lowest BCUT2D eigenvalue weighted by atomic mass is 10.1. The van der Waals surface area contributed by atoms with Crippen LogP contribution in [-0.2, 0) is 11.3 Å². The first-order valence-electron chi connectivity index (χ1n) is 7.05. The fraction of sp³-hybridized carbons (Fsp3) is 0.235. The number of methoxy groups -OCH3 is 1. The monoisotopic (exact) mass is 299 g/mol. The normalized spacial score (nSPS) is 16.8. The molecule has 0 saturated carbocycles. The number of ether oxygens (including phenoxy) is 3. The molecule has 0 radical (unpaired) electrons. The highest BCUT2D eigenvalue weighted by Crippen LogP contribution is 2.32. The Morgan fingerprint density at radius 2 is 2.00 bits per heavy atom. The second-order valence-corrected chi connectivity index (χ2v) is 4.96. The van der Waals surface area contributed by atoms with Crippen LogP contribution in [0.25, 0.3) is 0 Å². The summed E-state index contributed by atoms with van der Waals surface area (Å²) in [6, 6.07) is 15.4. The number of benzene rings is 2. The van der Waals surface area contributed by atoms with Crippen molar-refractivity contribution in [2.45, 2.75) is 12.7 Å². The van der Waals surface area contributed by atoms with Crippen molar-refractivity contribution in [2.75, 3.05) is 13.7 Å². The third-order valence-electron chi connectivity index (χ3n) is 3.48. The van der Waals surface area contributed by atoms with Gasteiger partial charge in [-0.25, -0.2) is 4.79 Å². The molecule has 1 unspecified atom stereocenters. The second kappa shape index (κ2) is 6.39. The molecule has 1 N–H and O–H groups in total. The van der Waals surface area contributed by atoms with E-state index in [0.717, 1.165) is 11.1 Å².